The van der Waals surface area contributed by atoms with Gasteiger partial charge >= 0.3 is 6.03 Å². The van der Waals surface area contributed by atoms with E-state index in [1.165, 1.54) is 0 Å². The number of furan rings is 1. The minimum atomic E-state index is -0.172. The van der Waals surface area contributed by atoms with Gasteiger partial charge in [0.2, 0.25) is 0 Å². The molecule has 2 heterocycles. The lowest BCUT2D eigenvalue weighted by molar-refractivity contribution is 0.223. The van der Waals surface area contributed by atoms with Gasteiger partial charge < -0.3 is 15.1 Å². The summed E-state index contributed by atoms with van der Waals surface area (Å²) in [6, 6.07) is 7.61. The van der Waals surface area contributed by atoms with Gasteiger partial charge in [0.05, 0.1) is 18.3 Å². The maximum Gasteiger partial charge on any atom is 0.315 e. The van der Waals surface area contributed by atoms with Gasteiger partial charge in [-0.2, -0.15) is 0 Å². The fourth-order valence-corrected chi connectivity index (χ4v) is 2.80. The van der Waals surface area contributed by atoms with Crippen LogP contribution < -0.4 is 10.6 Å². The zero-order valence-corrected chi connectivity index (χ0v) is 13.3. The van der Waals surface area contributed by atoms with Crippen LogP contribution in [0.25, 0.3) is 0 Å². The molecule has 0 bridgehead atoms. The number of rotatable bonds is 6. The van der Waals surface area contributed by atoms with E-state index >= 15 is 0 Å². The molecule has 6 heteroatoms. The maximum absolute atomic E-state index is 12.0. The molecular formula is C15H21N3O2S. The highest BCUT2D eigenvalue weighted by Crippen LogP contribution is 2.19. The molecule has 2 atom stereocenters. The van der Waals surface area contributed by atoms with Crippen molar-refractivity contribution in [3.63, 3.8) is 0 Å². The van der Waals surface area contributed by atoms with E-state index in [9.17, 15) is 4.79 Å². The van der Waals surface area contributed by atoms with Crippen molar-refractivity contribution in [1.82, 2.24) is 15.5 Å². The molecule has 0 saturated carbocycles. The summed E-state index contributed by atoms with van der Waals surface area (Å²) in [4.78, 5) is 15.1. The number of nitrogens with zero attached hydrogens (tertiary/aromatic N) is 1. The lowest BCUT2D eigenvalue weighted by Crippen LogP contribution is -2.41. The molecule has 0 spiro atoms. The summed E-state index contributed by atoms with van der Waals surface area (Å²) in [5.41, 5.74) is 0. The predicted octanol–water partition coefficient (Wildman–Crippen LogP) is 3.00. The van der Waals surface area contributed by atoms with E-state index in [1.54, 1.807) is 17.6 Å². The molecule has 0 aliphatic rings. The third kappa shape index (κ3) is 4.34. The van der Waals surface area contributed by atoms with E-state index in [-0.39, 0.29) is 18.1 Å². The normalized spacial score (nSPS) is 13.9. The molecule has 0 unspecified atom stereocenters. The zero-order chi connectivity index (χ0) is 15.2. The first kappa shape index (κ1) is 15.6. The monoisotopic (exact) mass is 307 g/mol. The summed E-state index contributed by atoms with van der Waals surface area (Å²) in [5, 5.41) is 7.84. The molecule has 114 valence electrons. The molecule has 2 N–H and O–H groups in total. The molecule has 0 aliphatic heterocycles. The zero-order valence-electron chi connectivity index (χ0n) is 12.5. The van der Waals surface area contributed by atoms with E-state index < -0.39 is 0 Å². The Morgan fingerprint density at radius 3 is 2.76 bits per heavy atom. The van der Waals surface area contributed by atoms with Gasteiger partial charge in [0.1, 0.15) is 5.76 Å². The van der Waals surface area contributed by atoms with Crippen molar-refractivity contribution < 1.29 is 9.21 Å². The number of thiophene rings is 1. The van der Waals surface area contributed by atoms with Crippen LogP contribution in [0.4, 0.5) is 4.79 Å². The maximum atomic E-state index is 12.0. The second-order valence-electron chi connectivity index (χ2n) is 5.09. The molecule has 2 rings (SSSR count). The first-order valence-corrected chi connectivity index (χ1v) is 7.73. The average Bonchev–Trinajstić information content (AvgIpc) is 3.12. The number of urea groups is 1. The van der Waals surface area contributed by atoms with Crippen molar-refractivity contribution >= 4 is 17.4 Å². The number of amides is 2. The van der Waals surface area contributed by atoms with Gasteiger partial charge in [-0.05, 0) is 44.6 Å². The Kier molecular flexibility index (Phi) is 5.41. The van der Waals surface area contributed by atoms with Crippen LogP contribution in [0, 0.1) is 0 Å². The van der Waals surface area contributed by atoms with Crippen molar-refractivity contribution in [1.29, 1.82) is 0 Å². The Morgan fingerprint density at radius 2 is 2.19 bits per heavy atom. The van der Waals surface area contributed by atoms with Crippen LogP contribution >= 0.6 is 11.3 Å². The first-order chi connectivity index (χ1) is 10.1. The van der Waals surface area contributed by atoms with Crippen LogP contribution in [0.3, 0.4) is 0 Å². The third-order valence-electron chi connectivity index (χ3n) is 3.27. The van der Waals surface area contributed by atoms with Crippen LogP contribution in [-0.2, 0) is 0 Å². The van der Waals surface area contributed by atoms with Crippen LogP contribution in [0.1, 0.15) is 29.6 Å². The Hall–Kier alpha value is -1.79. The highest BCUT2D eigenvalue weighted by molar-refractivity contribution is 7.10. The van der Waals surface area contributed by atoms with E-state index in [2.05, 4.69) is 10.6 Å². The molecule has 0 aliphatic carbocycles. The number of nitrogens with one attached hydrogen (secondary N) is 2. The fourth-order valence-electron chi connectivity index (χ4n) is 2.06. The summed E-state index contributed by atoms with van der Waals surface area (Å²) in [6.45, 7) is 2.46. The fraction of sp³-hybridized carbons (Fsp3) is 0.400. The van der Waals surface area contributed by atoms with E-state index in [0.717, 1.165) is 10.6 Å². The minimum Gasteiger partial charge on any atom is -0.468 e. The summed E-state index contributed by atoms with van der Waals surface area (Å²) in [5.74, 6) is 0.839. The van der Waals surface area contributed by atoms with Crippen LogP contribution in [0.15, 0.2) is 40.3 Å². The number of carbonyl (C=O) groups is 1. The molecule has 0 aromatic carbocycles. The summed E-state index contributed by atoms with van der Waals surface area (Å²) in [7, 11) is 3.92. The number of hydrogen-bond donors (Lipinski definition) is 2. The Morgan fingerprint density at radius 1 is 1.38 bits per heavy atom. The molecule has 2 aromatic heterocycles. The molecule has 0 fully saturated rings. The lowest BCUT2D eigenvalue weighted by atomic mass is 10.2. The molecule has 21 heavy (non-hydrogen) atoms. The first-order valence-electron chi connectivity index (χ1n) is 6.85. The topological polar surface area (TPSA) is 57.5 Å². The highest BCUT2D eigenvalue weighted by atomic mass is 32.1. The van der Waals surface area contributed by atoms with Crippen LogP contribution in [-0.4, -0.2) is 31.6 Å². The van der Waals surface area contributed by atoms with Gasteiger partial charge in [-0.3, -0.25) is 4.90 Å². The Balaban J connectivity index is 1.85. The Bertz CT molecular complexity index is 537. The standard InChI is InChI=1S/C15H21N3O2S/c1-11(14-7-5-9-21-14)17-15(19)16-10-12(18(2)3)13-6-4-8-20-13/h4-9,11-12H,10H2,1-3H3,(H2,16,17,19)/t11-,12+/m0/s1. The van der Waals surface area contributed by atoms with Crippen LogP contribution in [0.5, 0.6) is 0 Å². The number of likely N-dealkylation sites (N-methyl/N-ethyl adjacent to an activating group) is 1. The second kappa shape index (κ2) is 7.28. The van der Waals surface area contributed by atoms with E-state index in [0.29, 0.717) is 6.54 Å². The van der Waals surface area contributed by atoms with Gasteiger partial charge in [-0.15, -0.1) is 11.3 Å². The smallest absolute Gasteiger partial charge is 0.315 e. The summed E-state index contributed by atoms with van der Waals surface area (Å²) in [6.07, 6.45) is 1.64. The Labute approximate surface area is 128 Å². The minimum absolute atomic E-state index is 0.00594. The van der Waals surface area contributed by atoms with Gasteiger partial charge in [0, 0.05) is 11.4 Å². The number of hydrogen-bond acceptors (Lipinski definition) is 4. The average molecular weight is 307 g/mol. The van der Waals surface area contributed by atoms with Crippen molar-refractivity contribution in [3.8, 4) is 0 Å². The van der Waals surface area contributed by atoms with Crippen LogP contribution in [0.2, 0.25) is 0 Å². The lowest BCUT2D eigenvalue weighted by Gasteiger charge is -2.23. The summed E-state index contributed by atoms with van der Waals surface area (Å²) >= 11 is 1.63. The largest absolute Gasteiger partial charge is 0.468 e. The van der Waals surface area contributed by atoms with E-state index in [4.69, 9.17) is 4.42 Å². The van der Waals surface area contributed by atoms with Crippen molar-refractivity contribution in [2.75, 3.05) is 20.6 Å². The molecule has 0 radical (unpaired) electrons. The van der Waals surface area contributed by atoms with Gasteiger partial charge in [0.25, 0.3) is 0 Å². The molecule has 2 amide bonds. The molecule has 0 saturated heterocycles. The highest BCUT2D eigenvalue weighted by Gasteiger charge is 2.18. The molecular weight excluding hydrogens is 286 g/mol. The summed E-state index contributed by atoms with van der Waals surface area (Å²) < 4.78 is 5.42. The van der Waals surface area contributed by atoms with Gasteiger partial charge in [-0.1, -0.05) is 6.07 Å². The van der Waals surface area contributed by atoms with E-state index in [1.807, 2.05) is 55.6 Å². The quantitative estimate of drug-likeness (QED) is 0.862. The third-order valence-corrected chi connectivity index (χ3v) is 4.32. The molecule has 2 aromatic rings. The van der Waals surface area contributed by atoms with Gasteiger partial charge in [0.15, 0.2) is 0 Å². The van der Waals surface area contributed by atoms with Crippen molar-refractivity contribution in [2.24, 2.45) is 0 Å². The van der Waals surface area contributed by atoms with Gasteiger partial charge in [-0.25, -0.2) is 4.79 Å². The number of carbonyl (C=O) groups excluding carboxylic acids is 1. The SMILES string of the molecule is C[C@H](NC(=O)NC[C@H](c1ccco1)N(C)C)c1cccs1. The second-order valence-corrected chi connectivity index (χ2v) is 6.07. The molecule has 5 nitrogen and oxygen atoms in total. The van der Waals surface area contributed by atoms with Crippen molar-refractivity contribution in [2.45, 2.75) is 19.0 Å². The predicted molar refractivity (Wildman–Crippen MR) is 84.4 cm³/mol. The van der Waals surface area contributed by atoms with Crippen molar-refractivity contribution in [3.05, 3.63) is 46.5 Å².